The first-order chi connectivity index (χ1) is 14.1. The first-order valence-electron chi connectivity index (χ1n) is 10.1. The molecule has 1 amide bonds. The number of nitrogens with one attached hydrogen (secondary N) is 1. The molecule has 3 saturated heterocycles. The summed E-state index contributed by atoms with van der Waals surface area (Å²) in [5.41, 5.74) is 1.33. The van der Waals surface area contributed by atoms with Crippen molar-refractivity contribution in [1.29, 1.82) is 0 Å². The number of rotatable bonds is 3. The number of aromatic amines is 1. The second-order valence-electron chi connectivity index (χ2n) is 8.66. The Balaban J connectivity index is 1.26. The van der Waals surface area contributed by atoms with Crippen LogP contribution in [0.25, 0.3) is 11.3 Å². The normalized spacial score (nSPS) is 27.1. The minimum atomic E-state index is -0.318. The van der Waals surface area contributed by atoms with Crippen molar-refractivity contribution in [1.82, 2.24) is 19.9 Å². The number of ether oxygens (including phenoxy) is 1. The number of carbonyl (C=O) groups is 1. The number of imidazole rings is 1. The molecule has 0 aromatic carbocycles. The maximum atomic E-state index is 15.3. The number of hydrogen-bond donors (Lipinski definition) is 1. The van der Waals surface area contributed by atoms with Crippen molar-refractivity contribution in [3.8, 4) is 11.3 Å². The van der Waals surface area contributed by atoms with Crippen LogP contribution in [0.4, 0.5) is 10.2 Å². The number of amides is 1. The highest BCUT2D eigenvalue weighted by Crippen LogP contribution is 2.42. The second kappa shape index (κ2) is 6.13. The Hall–Kier alpha value is -2.74. The van der Waals surface area contributed by atoms with Gasteiger partial charge in [0.15, 0.2) is 11.6 Å². The van der Waals surface area contributed by atoms with Gasteiger partial charge in [0.2, 0.25) is 5.91 Å². The van der Waals surface area contributed by atoms with E-state index in [1.165, 1.54) is 0 Å². The molecule has 150 valence electrons. The van der Waals surface area contributed by atoms with Crippen LogP contribution < -0.4 is 4.90 Å². The fourth-order valence-corrected chi connectivity index (χ4v) is 5.15. The lowest BCUT2D eigenvalue weighted by atomic mass is 9.78. The highest BCUT2D eigenvalue weighted by molar-refractivity contribution is 5.89. The number of pyridine rings is 1. The number of carbonyl (C=O) groups excluding carboxylic acids is 1. The van der Waals surface area contributed by atoms with Gasteiger partial charge >= 0.3 is 0 Å². The predicted molar refractivity (Wildman–Crippen MR) is 104 cm³/mol. The van der Waals surface area contributed by atoms with Gasteiger partial charge in [0.25, 0.3) is 0 Å². The zero-order chi connectivity index (χ0) is 19.6. The molecule has 2 atom stereocenters. The molecule has 2 unspecified atom stereocenters. The number of aromatic nitrogens is 3. The molecular weight excluding hydrogens is 373 g/mol. The Bertz CT molecular complexity index is 1010. The van der Waals surface area contributed by atoms with Gasteiger partial charge in [-0.25, -0.2) is 14.4 Å². The molecule has 4 aliphatic rings. The van der Waals surface area contributed by atoms with Crippen LogP contribution in [0.15, 0.2) is 30.6 Å². The van der Waals surface area contributed by atoms with Crippen molar-refractivity contribution in [2.75, 3.05) is 37.7 Å². The summed E-state index contributed by atoms with van der Waals surface area (Å²) in [5.74, 6) is 1.12. The van der Waals surface area contributed by atoms with E-state index in [9.17, 15) is 4.79 Å². The summed E-state index contributed by atoms with van der Waals surface area (Å²) in [4.78, 5) is 28.1. The van der Waals surface area contributed by atoms with Gasteiger partial charge in [-0.2, -0.15) is 0 Å². The van der Waals surface area contributed by atoms with Crippen LogP contribution in [-0.4, -0.2) is 64.6 Å². The molecule has 8 heteroatoms. The first kappa shape index (κ1) is 17.1. The van der Waals surface area contributed by atoms with E-state index in [0.717, 1.165) is 51.5 Å². The molecule has 29 heavy (non-hydrogen) atoms. The molecule has 0 radical (unpaired) electrons. The summed E-state index contributed by atoms with van der Waals surface area (Å²) in [7, 11) is 0. The fourth-order valence-electron chi connectivity index (χ4n) is 5.15. The van der Waals surface area contributed by atoms with Crippen molar-refractivity contribution < 1.29 is 13.9 Å². The zero-order valence-electron chi connectivity index (χ0n) is 16.0. The molecule has 6 rings (SSSR count). The number of halogens is 1. The quantitative estimate of drug-likeness (QED) is 0.862. The number of anilines is 1. The van der Waals surface area contributed by atoms with E-state index in [2.05, 4.69) is 15.0 Å². The molecule has 4 aliphatic heterocycles. The smallest absolute Gasteiger partial charge is 0.246 e. The minimum Gasteiger partial charge on any atom is -0.380 e. The standard InChI is InChI=1S/C21H22FN5O2/c22-18-13(4-6-23-20(18)26-9-21(10-26)11-29-12-21)15-8-24-19(25-15)14-5-7-27-16(14)2-1-3-17(27)28/h1,3-4,6,8,14,16H,2,5,7,9-12H2,(H,24,25). The van der Waals surface area contributed by atoms with E-state index >= 15 is 4.39 Å². The lowest BCUT2D eigenvalue weighted by Gasteiger charge is -2.55. The van der Waals surface area contributed by atoms with Crippen LogP contribution >= 0.6 is 0 Å². The van der Waals surface area contributed by atoms with Gasteiger partial charge in [-0.3, -0.25) is 4.79 Å². The molecular formula is C21H22FN5O2. The molecule has 0 aliphatic carbocycles. The summed E-state index contributed by atoms with van der Waals surface area (Å²) >= 11 is 0. The third-order valence-corrected chi connectivity index (χ3v) is 6.74. The Kier molecular flexibility index (Phi) is 3.62. The molecule has 7 nitrogen and oxygen atoms in total. The van der Waals surface area contributed by atoms with Crippen LogP contribution in [0.5, 0.6) is 0 Å². The Morgan fingerprint density at radius 1 is 1.28 bits per heavy atom. The number of H-pyrrole nitrogens is 1. The van der Waals surface area contributed by atoms with Crippen LogP contribution in [0.2, 0.25) is 0 Å². The first-order valence-corrected chi connectivity index (χ1v) is 10.1. The van der Waals surface area contributed by atoms with E-state index in [-0.39, 0.29) is 29.1 Å². The second-order valence-corrected chi connectivity index (χ2v) is 8.66. The van der Waals surface area contributed by atoms with Crippen molar-refractivity contribution in [3.63, 3.8) is 0 Å². The largest absolute Gasteiger partial charge is 0.380 e. The molecule has 6 heterocycles. The van der Waals surface area contributed by atoms with E-state index in [0.29, 0.717) is 17.1 Å². The van der Waals surface area contributed by atoms with Crippen molar-refractivity contribution >= 4 is 11.7 Å². The van der Waals surface area contributed by atoms with Gasteiger partial charge in [-0.05, 0) is 25.0 Å². The van der Waals surface area contributed by atoms with Gasteiger partial charge < -0.3 is 19.5 Å². The molecule has 2 aromatic rings. The highest BCUT2D eigenvalue weighted by atomic mass is 19.1. The topological polar surface area (TPSA) is 74.4 Å². The van der Waals surface area contributed by atoms with E-state index in [4.69, 9.17) is 4.74 Å². The molecule has 2 aromatic heterocycles. The predicted octanol–water partition coefficient (Wildman–Crippen LogP) is 2.09. The monoisotopic (exact) mass is 395 g/mol. The SMILES string of the molecule is O=C1C=CCC2C(c3ncc(-c4ccnc(N5CC6(COC6)C5)c4F)[nH]3)CCN12. The van der Waals surface area contributed by atoms with Gasteiger partial charge in [-0.15, -0.1) is 0 Å². The summed E-state index contributed by atoms with van der Waals surface area (Å²) in [5, 5.41) is 0. The summed E-state index contributed by atoms with van der Waals surface area (Å²) in [6, 6.07) is 1.82. The van der Waals surface area contributed by atoms with Crippen LogP contribution in [0, 0.1) is 11.2 Å². The lowest BCUT2D eigenvalue weighted by molar-refractivity contribution is -0.127. The minimum absolute atomic E-state index is 0.0736. The number of fused-ring (bicyclic) bond motifs is 1. The Labute approximate surface area is 167 Å². The Morgan fingerprint density at radius 2 is 2.14 bits per heavy atom. The van der Waals surface area contributed by atoms with E-state index in [1.54, 1.807) is 24.5 Å². The van der Waals surface area contributed by atoms with E-state index < -0.39 is 0 Å². The van der Waals surface area contributed by atoms with Crippen LogP contribution in [-0.2, 0) is 9.53 Å². The van der Waals surface area contributed by atoms with Gasteiger partial charge in [0.1, 0.15) is 5.82 Å². The van der Waals surface area contributed by atoms with Crippen LogP contribution in [0.1, 0.15) is 24.6 Å². The summed E-state index contributed by atoms with van der Waals surface area (Å²) < 4.78 is 20.6. The third kappa shape index (κ3) is 2.55. The summed E-state index contributed by atoms with van der Waals surface area (Å²) in [6.07, 6.45) is 8.63. The third-order valence-electron chi connectivity index (χ3n) is 6.74. The molecule has 3 fully saturated rings. The molecule has 0 saturated carbocycles. The number of hydrogen-bond acceptors (Lipinski definition) is 5. The fraction of sp³-hybridized carbons (Fsp3) is 0.476. The maximum Gasteiger partial charge on any atom is 0.246 e. The molecule has 1 N–H and O–H groups in total. The van der Waals surface area contributed by atoms with Crippen molar-refractivity contribution in [3.05, 3.63) is 42.3 Å². The summed E-state index contributed by atoms with van der Waals surface area (Å²) in [6.45, 7) is 3.83. The average Bonchev–Trinajstić information content (AvgIpc) is 3.28. The van der Waals surface area contributed by atoms with Gasteiger partial charge in [0, 0.05) is 43.4 Å². The van der Waals surface area contributed by atoms with Crippen LogP contribution in [0.3, 0.4) is 0 Å². The van der Waals surface area contributed by atoms with Crippen molar-refractivity contribution in [2.45, 2.75) is 24.8 Å². The zero-order valence-corrected chi connectivity index (χ0v) is 16.0. The average molecular weight is 395 g/mol. The van der Waals surface area contributed by atoms with Gasteiger partial charge in [0.05, 0.1) is 30.5 Å². The van der Waals surface area contributed by atoms with E-state index in [1.807, 2.05) is 15.9 Å². The lowest BCUT2D eigenvalue weighted by Crippen LogP contribution is -2.66. The Morgan fingerprint density at radius 3 is 2.93 bits per heavy atom. The molecule has 0 bridgehead atoms. The maximum absolute atomic E-state index is 15.3. The number of nitrogens with zero attached hydrogens (tertiary/aromatic N) is 4. The van der Waals surface area contributed by atoms with Gasteiger partial charge in [-0.1, -0.05) is 6.08 Å². The highest BCUT2D eigenvalue weighted by Gasteiger charge is 2.50. The molecule has 1 spiro atoms. The van der Waals surface area contributed by atoms with Crippen molar-refractivity contribution in [2.24, 2.45) is 5.41 Å².